The van der Waals surface area contributed by atoms with Gasteiger partial charge in [-0.15, -0.1) is 0 Å². The second-order valence-corrected chi connectivity index (χ2v) is 6.27. The molecule has 6 heteroatoms. The summed E-state index contributed by atoms with van der Waals surface area (Å²) in [5.41, 5.74) is 9.22. The highest BCUT2D eigenvalue weighted by molar-refractivity contribution is 6.05. The highest BCUT2D eigenvalue weighted by Crippen LogP contribution is 2.18. The molecule has 1 aromatic heterocycles. The molecule has 0 fully saturated rings. The highest BCUT2D eigenvalue weighted by Gasteiger charge is 2.08. The van der Waals surface area contributed by atoms with Crippen LogP contribution < -0.4 is 11.1 Å². The van der Waals surface area contributed by atoms with Gasteiger partial charge in [-0.25, -0.2) is 4.39 Å². The number of benzene rings is 3. The van der Waals surface area contributed by atoms with Crippen molar-refractivity contribution in [1.29, 1.82) is 0 Å². The van der Waals surface area contributed by atoms with Crippen molar-refractivity contribution in [3.8, 4) is 0 Å². The number of carbonyl (C=O) groups excluding carboxylic acids is 1. The zero-order valence-corrected chi connectivity index (χ0v) is 14.4. The third-order valence-corrected chi connectivity index (χ3v) is 4.28. The highest BCUT2D eigenvalue weighted by atomic mass is 19.1. The van der Waals surface area contributed by atoms with Crippen molar-refractivity contribution in [3.05, 3.63) is 89.9 Å². The Labute approximate surface area is 155 Å². The van der Waals surface area contributed by atoms with Crippen molar-refractivity contribution in [1.82, 2.24) is 9.78 Å². The van der Waals surface area contributed by atoms with Crippen LogP contribution in [0.5, 0.6) is 0 Å². The first kappa shape index (κ1) is 16.8. The summed E-state index contributed by atoms with van der Waals surface area (Å²) in [6, 6.07) is 18.9. The van der Waals surface area contributed by atoms with Gasteiger partial charge in [0, 0.05) is 17.1 Å². The number of carbonyl (C=O) groups is 1. The molecule has 0 radical (unpaired) electrons. The Morgan fingerprint density at radius 1 is 1.07 bits per heavy atom. The maximum Gasteiger partial charge on any atom is 0.255 e. The molecule has 3 N–H and O–H groups in total. The number of nitrogens with one attached hydrogen (secondary N) is 1. The minimum atomic E-state index is -0.281. The van der Waals surface area contributed by atoms with E-state index in [-0.39, 0.29) is 11.7 Å². The lowest BCUT2D eigenvalue weighted by molar-refractivity contribution is 0.102. The van der Waals surface area contributed by atoms with Crippen molar-refractivity contribution in [2.75, 3.05) is 11.1 Å². The van der Waals surface area contributed by atoms with Crippen LogP contribution >= 0.6 is 0 Å². The Morgan fingerprint density at radius 3 is 2.63 bits per heavy atom. The Kier molecular flexibility index (Phi) is 4.30. The van der Waals surface area contributed by atoms with E-state index in [1.807, 2.05) is 24.3 Å². The van der Waals surface area contributed by atoms with E-state index in [4.69, 9.17) is 5.73 Å². The third-order valence-electron chi connectivity index (χ3n) is 4.28. The summed E-state index contributed by atoms with van der Waals surface area (Å²) in [5, 5.41) is 7.99. The van der Waals surface area contributed by atoms with E-state index in [1.165, 1.54) is 12.1 Å². The normalized spacial score (nSPS) is 10.9. The lowest BCUT2D eigenvalue weighted by Gasteiger charge is -2.08. The molecule has 0 saturated heterocycles. The van der Waals surface area contributed by atoms with Crippen molar-refractivity contribution in [2.24, 2.45) is 0 Å². The van der Waals surface area contributed by atoms with Crippen LogP contribution in [0.2, 0.25) is 0 Å². The monoisotopic (exact) mass is 360 g/mol. The minimum Gasteiger partial charge on any atom is -0.397 e. The molecule has 27 heavy (non-hydrogen) atoms. The molecule has 0 unspecified atom stereocenters. The number of anilines is 2. The number of aromatic nitrogens is 2. The van der Waals surface area contributed by atoms with E-state index >= 15 is 0 Å². The smallest absolute Gasteiger partial charge is 0.255 e. The molecule has 3 aromatic carbocycles. The zero-order chi connectivity index (χ0) is 18.8. The lowest BCUT2D eigenvalue weighted by atomic mass is 10.1. The Hall–Kier alpha value is -3.67. The van der Waals surface area contributed by atoms with Crippen LogP contribution in [0.15, 0.2) is 72.9 Å². The van der Waals surface area contributed by atoms with Gasteiger partial charge < -0.3 is 11.1 Å². The average molecular weight is 360 g/mol. The van der Waals surface area contributed by atoms with Gasteiger partial charge in [0.1, 0.15) is 5.82 Å². The van der Waals surface area contributed by atoms with Crippen LogP contribution in [-0.2, 0) is 6.54 Å². The number of para-hydroxylation sites is 2. The van der Waals surface area contributed by atoms with Gasteiger partial charge in [-0.05, 0) is 48.0 Å². The molecule has 1 amide bonds. The third kappa shape index (κ3) is 3.64. The van der Waals surface area contributed by atoms with Gasteiger partial charge in [0.15, 0.2) is 0 Å². The predicted molar refractivity (Wildman–Crippen MR) is 104 cm³/mol. The molecule has 0 spiro atoms. The molecule has 0 saturated carbocycles. The number of rotatable bonds is 4. The molecule has 1 heterocycles. The predicted octanol–water partition coefficient (Wildman–Crippen LogP) is 4.06. The van der Waals surface area contributed by atoms with E-state index in [0.29, 0.717) is 23.5 Å². The van der Waals surface area contributed by atoms with E-state index in [0.717, 1.165) is 16.5 Å². The summed E-state index contributed by atoms with van der Waals surface area (Å²) in [5.74, 6) is -0.503. The lowest BCUT2D eigenvalue weighted by Crippen LogP contribution is -2.13. The van der Waals surface area contributed by atoms with Crippen molar-refractivity contribution in [3.63, 3.8) is 0 Å². The van der Waals surface area contributed by atoms with Crippen LogP contribution in [0.4, 0.5) is 15.8 Å². The molecule has 4 rings (SSSR count). The second-order valence-electron chi connectivity index (χ2n) is 6.27. The summed E-state index contributed by atoms with van der Waals surface area (Å²) >= 11 is 0. The van der Waals surface area contributed by atoms with Gasteiger partial charge in [-0.2, -0.15) is 5.10 Å². The summed E-state index contributed by atoms with van der Waals surface area (Å²) in [4.78, 5) is 12.4. The number of hydrogen-bond donors (Lipinski definition) is 2. The van der Waals surface area contributed by atoms with Crippen LogP contribution in [-0.4, -0.2) is 15.7 Å². The number of nitrogen functional groups attached to an aromatic ring is 1. The fraction of sp³-hybridized carbons (Fsp3) is 0.0476. The fourth-order valence-electron chi connectivity index (χ4n) is 2.88. The molecule has 0 bridgehead atoms. The quantitative estimate of drug-likeness (QED) is 0.539. The molecular formula is C21H17FN4O. The maximum absolute atomic E-state index is 13.3. The molecule has 0 aliphatic heterocycles. The summed E-state index contributed by atoms with van der Waals surface area (Å²) in [7, 11) is 0. The molecular weight excluding hydrogens is 343 g/mol. The molecule has 4 aromatic rings. The number of nitrogens with two attached hydrogens (primary N) is 1. The zero-order valence-electron chi connectivity index (χ0n) is 14.4. The summed E-state index contributed by atoms with van der Waals surface area (Å²) in [6.45, 7) is 0.532. The van der Waals surface area contributed by atoms with E-state index in [2.05, 4.69) is 10.4 Å². The van der Waals surface area contributed by atoms with Crippen LogP contribution in [0.1, 0.15) is 15.9 Å². The van der Waals surface area contributed by atoms with Crippen LogP contribution in [0, 0.1) is 5.82 Å². The van der Waals surface area contributed by atoms with Gasteiger partial charge in [0.25, 0.3) is 5.91 Å². The number of fused-ring (bicyclic) bond motifs is 1. The van der Waals surface area contributed by atoms with Crippen LogP contribution in [0.25, 0.3) is 10.9 Å². The molecule has 0 aliphatic carbocycles. The van der Waals surface area contributed by atoms with Gasteiger partial charge >= 0.3 is 0 Å². The first-order valence-electron chi connectivity index (χ1n) is 8.46. The van der Waals surface area contributed by atoms with Crippen molar-refractivity contribution >= 4 is 28.2 Å². The first-order chi connectivity index (χ1) is 13.1. The van der Waals surface area contributed by atoms with E-state index in [9.17, 15) is 9.18 Å². The number of hydrogen-bond acceptors (Lipinski definition) is 3. The summed E-state index contributed by atoms with van der Waals surface area (Å²) in [6.07, 6.45) is 1.80. The van der Waals surface area contributed by atoms with E-state index < -0.39 is 0 Å². The average Bonchev–Trinajstić information content (AvgIpc) is 3.05. The van der Waals surface area contributed by atoms with Crippen molar-refractivity contribution < 1.29 is 9.18 Å². The van der Waals surface area contributed by atoms with Crippen molar-refractivity contribution in [2.45, 2.75) is 6.54 Å². The minimum absolute atomic E-state index is 0.222. The van der Waals surface area contributed by atoms with Gasteiger partial charge in [-0.3, -0.25) is 9.48 Å². The molecule has 5 nitrogen and oxygen atoms in total. The topological polar surface area (TPSA) is 72.9 Å². The number of halogens is 1. The maximum atomic E-state index is 13.3. The van der Waals surface area contributed by atoms with E-state index in [1.54, 1.807) is 41.2 Å². The Balaban J connectivity index is 1.48. The molecule has 0 atom stereocenters. The summed E-state index contributed by atoms with van der Waals surface area (Å²) < 4.78 is 15.0. The van der Waals surface area contributed by atoms with Gasteiger partial charge in [0.05, 0.1) is 23.4 Å². The Morgan fingerprint density at radius 2 is 1.85 bits per heavy atom. The molecule has 134 valence electrons. The standard InChI is InChI=1S/C21H17FN4O/c22-17-9-10-19-16(11-17)13-26(25-19)12-14-5-7-15(8-6-14)21(27)24-20-4-2-1-3-18(20)23/h1-11,13H,12,23H2,(H,24,27). The second kappa shape index (κ2) is 6.92. The Bertz CT molecular complexity index is 1120. The van der Waals surface area contributed by atoms with Gasteiger partial charge in [0.2, 0.25) is 0 Å². The number of amides is 1. The van der Waals surface area contributed by atoms with Gasteiger partial charge in [-0.1, -0.05) is 24.3 Å². The van der Waals surface area contributed by atoms with Crippen LogP contribution in [0.3, 0.4) is 0 Å². The first-order valence-corrected chi connectivity index (χ1v) is 8.46. The number of nitrogens with zero attached hydrogens (tertiary/aromatic N) is 2. The SMILES string of the molecule is Nc1ccccc1NC(=O)c1ccc(Cn2cc3cc(F)ccc3n2)cc1. The molecule has 0 aliphatic rings. The largest absolute Gasteiger partial charge is 0.397 e. The fourth-order valence-corrected chi connectivity index (χ4v) is 2.88.